The molecule has 6 heteroatoms. The van der Waals surface area contributed by atoms with Gasteiger partial charge in [-0.05, 0) is 40.5 Å². The van der Waals surface area contributed by atoms with E-state index < -0.39 is 18.0 Å². The average Bonchev–Trinajstić information content (AvgIpc) is 2.18. The van der Waals surface area contributed by atoms with E-state index >= 15 is 0 Å². The number of alkyl halides is 4. The van der Waals surface area contributed by atoms with Crippen LogP contribution in [0, 0.1) is 0 Å². The number of hydrogen-bond acceptors (Lipinski definition) is 1. The highest BCUT2D eigenvalue weighted by Gasteiger charge is 2.31. The first-order valence-corrected chi connectivity index (χ1v) is 6.19. The summed E-state index contributed by atoms with van der Waals surface area (Å²) in [5.41, 5.74) is 0.416. The Morgan fingerprint density at radius 3 is 2.53 bits per heavy atom. The van der Waals surface area contributed by atoms with Gasteiger partial charge in [0.1, 0.15) is 5.75 Å². The zero-order chi connectivity index (χ0) is 13.1. The molecular formula is C11H11BrClF3O. The molecule has 0 amide bonds. The van der Waals surface area contributed by atoms with Crippen molar-refractivity contribution in [3.8, 4) is 5.75 Å². The summed E-state index contributed by atoms with van der Waals surface area (Å²) in [6.45, 7) is 2.32. The Kier molecular flexibility index (Phi) is 5.13. The summed E-state index contributed by atoms with van der Waals surface area (Å²) < 4.78 is 42.4. The largest absolute Gasteiger partial charge is 0.493 e. The lowest BCUT2D eigenvalue weighted by molar-refractivity contribution is -0.134. The molecule has 1 aromatic carbocycles. The molecule has 1 unspecified atom stereocenters. The van der Waals surface area contributed by atoms with E-state index in [1.807, 2.05) is 6.92 Å². The SMILES string of the molecule is CCOc1ccc(C(Cl)CC(F)(F)F)cc1Br. The fourth-order valence-corrected chi connectivity index (χ4v) is 2.13. The van der Waals surface area contributed by atoms with Crippen molar-refractivity contribution in [1.29, 1.82) is 0 Å². The van der Waals surface area contributed by atoms with Gasteiger partial charge in [0.05, 0.1) is 22.9 Å². The van der Waals surface area contributed by atoms with E-state index in [9.17, 15) is 13.2 Å². The summed E-state index contributed by atoms with van der Waals surface area (Å²) in [7, 11) is 0. The van der Waals surface area contributed by atoms with Gasteiger partial charge < -0.3 is 4.74 Å². The topological polar surface area (TPSA) is 9.23 Å². The molecule has 0 radical (unpaired) electrons. The van der Waals surface area contributed by atoms with Crippen molar-refractivity contribution in [1.82, 2.24) is 0 Å². The van der Waals surface area contributed by atoms with E-state index in [4.69, 9.17) is 16.3 Å². The third kappa shape index (κ3) is 4.76. The molecule has 0 N–H and O–H groups in total. The molecule has 0 aliphatic rings. The predicted molar refractivity (Wildman–Crippen MR) is 64.6 cm³/mol. The van der Waals surface area contributed by atoms with Gasteiger partial charge in [-0.1, -0.05) is 6.07 Å². The minimum Gasteiger partial charge on any atom is -0.493 e. The maximum Gasteiger partial charge on any atom is 0.390 e. The van der Waals surface area contributed by atoms with Gasteiger partial charge in [-0.25, -0.2) is 0 Å². The van der Waals surface area contributed by atoms with E-state index in [-0.39, 0.29) is 0 Å². The van der Waals surface area contributed by atoms with Crippen LogP contribution < -0.4 is 4.74 Å². The van der Waals surface area contributed by atoms with Gasteiger partial charge in [-0.2, -0.15) is 13.2 Å². The summed E-state index contributed by atoms with van der Waals surface area (Å²) in [6, 6.07) is 4.70. The Morgan fingerprint density at radius 2 is 2.06 bits per heavy atom. The first-order valence-electron chi connectivity index (χ1n) is 4.96. The molecule has 96 valence electrons. The Hall–Kier alpha value is -0.420. The van der Waals surface area contributed by atoms with E-state index in [2.05, 4.69) is 15.9 Å². The minimum absolute atomic E-state index is 0.416. The maximum absolute atomic E-state index is 12.2. The van der Waals surface area contributed by atoms with Crippen LogP contribution in [0.3, 0.4) is 0 Å². The fourth-order valence-electron chi connectivity index (χ4n) is 1.31. The van der Waals surface area contributed by atoms with Gasteiger partial charge in [0.25, 0.3) is 0 Å². The minimum atomic E-state index is -4.27. The quantitative estimate of drug-likeness (QED) is 0.699. The molecule has 0 bridgehead atoms. The van der Waals surface area contributed by atoms with Crippen molar-refractivity contribution >= 4 is 27.5 Å². The number of ether oxygens (including phenoxy) is 1. The van der Waals surface area contributed by atoms with Gasteiger partial charge >= 0.3 is 6.18 Å². The van der Waals surface area contributed by atoms with Crippen LogP contribution in [0.2, 0.25) is 0 Å². The second-order valence-electron chi connectivity index (χ2n) is 3.41. The van der Waals surface area contributed by atoms with E-state index in [0.29, 0.717) is 22.4 Å². The van der Waals surface area contributed by atoms with E-state index in [1.54, 1.807) is 18.2 Å². The lowest BCUT2D eigenvalue weighted by atomic mass is 10.1. The Labute approximate surface area is 111 Å². The number of hydrogen-bond donors (Lipinski definition) is 0. The van der Waals surface area contributed by atoms with Crippen LogP contribution >= 0.6 is 27.5 Å². The summed E-state index contributed by atoms with van der Waals surface area (Å²) >= 11 is 8.94. The average molecular weight is 332 g/mol. The summed E-state index contributed by atoms with van der Waals surface area (Å²) in [5.74, 6) is 0.590. The normalized spacial score (nSPS) is 13.5. The van der Waals surface area contributed by atoms with Crippen LogP contribution in [0.25, 0.3) is 0 Å². The first-order chi connectivity index (χ1) is 7.83. The highest BCUT2D eigenvalue weighted by atomic mass is 79.9. The predicted octanol–water partition coefficient (Wildman–Crippen LogP) is 5.08. The van der Waals surface area contributed by atoms with Gasteiger partial charge in [-0.3, -0.25) is 0 Å². The van der Waals surface area contributed by atoms with Crippen molar-refractivity contribution < 1.29 is 17.9 Å². The molecule has 1 aromatic rings. The van der Waals surface area contributed by atoms with Crippen molar-refractivity contribution in [2.24, 2.45) is 0 Å². The Bertz CT molecular complexity index is 381. The summed E-state index contributed by atoms with van der Waals surface area (Å²) in [4.78, 5) is 0. The molecule has 1 nitrogen and oxygen atoms in total. The van der Waals surface area contributed by atoms with Crippen LogP contribution in [-0.4, -0.2) is 12.8 Å². The molecule has 0 spiro atoms. The van der Waals surface area contributed by atoms with Crippen LogP contribution in [0.15, 0.2) is 22.7 Å². The lowest BCUT2D eigenvalue weighted by Crippen LogP contribution is -2.10. The summed E-state index contributed by atoms with van der Waals surface area (Å²) in [5, 5.41) is -1.08. The molecule has 0 aliphatic heterocycles. The van der Waals surface area contributed by atoms with Gasteiger partial charge in [0.2, 0.25) is 0 Å². The third-order valence-electron chi connectivity index (χ3n) is 2.03. The molecule has 1 rings (SSSR count). The molecule has 0 fully saturated rings. The molecule has 0 aromatic heterocycles. The molecular weight excluding hydrogens is 320 g/mol. The third-order valence-corrected chi connectivity index (χ3v) is 3.05. The first kappa shape index (κ1) is 14.6. The maximum atomic E-state index is 12.2. The zero-order valence-electron chi connectivity index (χ0n) is 9.02. The number of halogens is 5. The van der Waals surface area contributed by atoms with Gasteiger partial charge in [0, 0.05) is 0 Å². The Morgan fingerprint density at radius 1 is 1.41 bits per heavy atom. The molecule has 17 heavy (non-hydrogen) atoms. The zero-order valence-corrected chi connectivity index (χ0v) is 11.4. The van der Waals surface area contributed by atoms with Crippen molar-refractivity contribution in [2.75, 3.05) is 6.61 Å². The van der Waals surface area contributed by atoms with Crippen molar-refractivity contribution in [2.45, 2.75) is 24.9 Å². The van der Waals surface area contributed by atoms with Crippen LogP contribution in [0.4, 0.5) is 13.2 Å². The van der Waals surface area contributed by atoms with E-state index in [0.717, 1.165) is 0 Å². The highest BCUT2D eigenvalue weighted by molar-refractivity contribution is 9.10. The smallest absolute Gasteiger partial charge is 0.390 e. The van der Waals surface area contributed by atoms with Crippen LogP contribution in [0.5, 0.6) is 5.75 Å². The molecule has 0 saturated carbocycles. The fraction of sp³-hybridized carbons (Fsp3) is 0.455. The Balaban J connectivity index is 2.82. The number of benzene rings is 1. The van der Waals surface area contributed by atoms with Crippen LogP contribution in [-0.2, 0) is 0 Å². The monoisotopic (exact) mass is 330 g/mol. The molecule has 1 atom stereocenters. The second-order valence-corrected chi connectivity index (χ2v) is 4.79. The summed E-state index contributed by atoms with van der Waals surface area (Å²) in [6.07, 6.45) is -5.31. The molecule has 0 heterocycles. The van der Waals surface area contributed by atoms with Gasteiger partial charge in [0.15, 0.2) is 0 Å². The van der Waals surface area contributed by atoms with Crippen LogP contribution in [0.1, 0.15) is 24.3 Å². The molecule has 0 saturated heterocycles. The van der Waals surface area contributed by atoms with E-state index in [1.165, 1.54) is 0 Å². The van der Waals surface area contributed by atoms with Crippen molar-refractivity contribution in [3.63, 3.8) is 0 Å². The number of rotatable bonds is 4. The highest BCUT2D eigenvalue weighted by Crippen LogP contribution is 2.36. The molecule has 0 aliphatic carbocycles. The standard InChI is InChI=1S/C11H11BrClF3O/c1-2-17-10-4-3-7(5-8(10)12)9(13)6-11(14,15)16/h3-5,9H,2,6H2,1H3. The van der Waals surface area contributed by atoms with Crippen molar-refractivity contribution in [3.05, 3.63) is 28.2 Å². The van der Waals surface area contributed by atoms with Gasteiger partial charge in [-0.15, -0.1) is 11.6 Å². The lowest BCUT2D eigenvalue weighted by Gasteiger charge is -2.14. The second kappa shape index (κ2) is 5.96.